The largest absolute Gasteiger partial charge is 0.356 e. The summed E-state index contributed by atoms with van der Waals surface area (Å²) < 4.78 is 0. The van der Waals surface area contributed by atoms with E-state index in [2.05, 4.69) is 17.4 Å². The zero-order valence-electron chi connectivity index (χ0n) is 11.3. The summed E-state index contributed by atoms with van der Waals surface area (Å²) in [5.41, 5.74) is 1.22. The van der Waals surface area contributed by atoms with Crippen LogP contribution in [0.2, 0.25) is 0 Å². The van der Waals surface area contributed by atoms with E-state index < -0.39 is 0 Å². The summed E-state index contributed by atoms with van der Waals surface area (Å²) in [4.78, 5) is 11.8. The molecule has 2 rings (SSSR count). The Morgan fingerprint density at radius 1 is 1.21 bits per heavy atom. The quantitative estimate of drug-likeness (QED) is 0.795. The second-order valence-corrected chi connectivity index (χ2v) is 5.70. The second-order valence-electron chi connectivity index (χ2n) is 5.40. The molecule has 0 spiro atoms. The highest BCUT2D eigenvalue weighted by atomic mass is 35.5. The summed E-state index contributed by atoms with van der Waals surface area (Å²) >= 11 is 5.95. The molecule has 19 heavy (non-hydrogen) atoms. The van der Waals surface area contributed by atoms with Crippen molar-refractivity contribution >= 4 is 17.5 Å². The van der Waals surface area contributed by atoms with Crippen molar-refractivity contribution < 1.29 is 4.79 Å². The van der Waals surface area contributed by atoms with Crippen LogP contribution in [-0.2, 0) is 11.2 Å². The number of aryl methyl sites for hydroxylation is 1. The van der Waals surface area contributed by atoms with E-state index in [9.17, 15) is 4.79 Å². The number of alkyl halides is 1. The molecule has 2 atom stereocenters. The molecule has 0 aromatic heterocycles. The second kappa shape index (κ2) is 7.54. The van der Waals surface area contributed by atoms with E-state index in [-0.39, 0.29) is 5.91 Å². The molecule has 3 heteroatoms. The lowest BCUT2D eigenvalue weighted by Gasteiger charge is -2.17. The van der Waals surface area contributed by atoms with Gasteiger partial charge in [0.15, 0.2) is 0 Å². The maximum absolute atomic E-state index is 11.8. The number of nitrogens with one attached hydrogen (secondary N) is 1. The number of carbonyl (C=O) groups is 1. The molecule has 0 heterocycles. The predicted octanol–water partition coefficient (Wildman–Crippen LogP) is 3.39. The van der Waals surface area contributed by atoms with Crippen molar-refractivity contribution in [3.63, 3.8) is 0 Å². The lowest BCUT2D eigenvalue weighted by Crippen LogP contribution is -2.31. The van der Waals surface area contributed by atoms with Crippen LogP contribution in [0.1, 0.15) is 31.2 Å². The summed E-state index contributed by atoms with van der Waals surface area (Å²) in [6.45, 7) is 0.797. The van der Waals surface area contributed by atoms with Gasteiger partial charge in [-0.05, 0) is 36.7 Å². The Hall–Kier alpha value is -1.02. The Bertz CT molecular complexity index is 393. The predicted molar refractivity (Wildman–Crippen MR) is 79.3 cm³/mol. The van der Waals surface area contributed by atoms with E-state index in [4.69, 9.17) is 11.6 Å². The molecule has 2 unspecified atom stereocenters. The topological polar surface area (TPSA) is 29.1 Å². The maximum atomic E-state index is 11.8. The Balaban J connectivity index is 1.67. The number of carbonyl (C=O) groups excluding carboxylic acids is 1. The number of amides is 1. The van der Waals surface area contributed by atoms with Crippen molar-refractivity contribution in [3.05, 3.63) is 35.9 Å². The molecule has 0 radical (unpaired) electrons. The molecule has 0 saturated heterocycles. The smallest absolute Gasteiger partial charge is 0.220 e. The van der Waals surface area contributed by atoms with Gasteiger partial charge in [0, 0.05) is 18.8 Å². The summed E-state index contributed by atoms with van der Waals surface area (Å²) in [7, 11) is 0. The van der Waals surface area contributed by atoms with Crippen LogP contribution < -0.4 is 5.32 Å². The Morgan fingerprint density at radius 2 is 1.95 bits per heavy atom. The first-order valence-corrected chi connectivity index (χ1v) is 7.69. The lowest BCUT2D eigenvalue weighted by atomic mass is 9.98. The van der Waals surface area contributed by atoms with Gasteiger partial charge < -0.3 is 5.32 Å². The molecule has 0 bridgehead atoms. The lowest BCUT2D eigenvalue weighted by molar-refractivity contribution is -0.121. The first-order chi connectivity index (χ1) is 9.29. The third kappa shape index (κ3) is 4.54. The first-order valence-electron chi connectivity index (χ1n) is 7.16. The van der Waals surface area contributed by atoms with Gasteiger partial charge >= 0.3 is 0 Å². The van der Waals surface area contributed by atoms with Gasteiger partial charge in [0.1, 0.15) is 0 Å². The van der Waals surface area contributed by atoms with E-state index in [1.807, 2.05) is 18.2 Å². The average molecular weight is 280 g/mol. The van der Waals surface area contributed by atoms with Gasteiger partial charge in [0.2, 0.25) is 5.91 Å². The van der Waals surface area contributed by atoms with Crippen LogP contribution in [0.15, 0.2) is 30.3 Å². The average Bonchev–Trinajstić information content (AvgIpc) is 2.91. The summed E-state index contributed by atoms with van der Waals surface area (Å²) in [5, 5.41) is 3.06. The van der Waals surface area contributed by atoms with E-state index in [1.54, 1.807) is 0 Å². The van der Waals surface area contributed by atoms with Crippen molar-refractivity contribution in [3.8, 4) is 0 Å². The van der Waals surface area contributed by atoms with Gasteiger partial charge in [-0.3, -0.25) is 4.79 Å². The summed E-state index contributed by atoms with van der Waals surface area (Å²) in [5.74, 6) is 2.06. The fourth-order valence-electron chi connectivity index (χ4n) is 2.82. The first kappa shape index (κ1) is 14.4. The highest BCUT2D eigenvalue weighted by Gasteiger charge is 2.26. The minimum absolute atomic E-state index is 0.157. The molecule has 1 fully saturated rings. The molecule has 2 nitrogen and oxygen atoms in total. The van der Waals surface area contributed by atoms with Crippen LogP contribution >= 0.6 is 11.6 Å². The Labute approximate surface area is 120 Å². The van der Waals surface area contributed by atoms with Crippen LogP contribution in [-0.4, -0.2) is 18.3 Å². The van der Waals surface area contributed by atoms with Crippen LogP contribution in [0.3, 0.4) is 0 Å². The highest BCUT2D eigenvalue weighted by Crippen LogP contribution is 2.31. The number of hydrogen-bond donors (Lipinski definition) is 1. The number of hydrogen-bond acceptors (Lipinski definition) is 1. The van der Waals surface area contributed by atoms with Crippen LogP contribution in [0.5, 0.6) is 0 Å². The number of benzene rings is 1. The number of rotatable bonds is 6. The van der Waals surface area contributed by atoms with Crippen molar-refractivity contribution in [2.45, 2.75) is 32.1 Å². The molecular weight excluding hydrogens is 258 g/mol. The summed E-state index contributed by atoms with van der Waals surface area (Å²) in [6.07, 6.45) is 5.06. The zero-order valence-corrected chi connectivity index (χ0v) is 12.0. The van der Waals surface area contributed by atoms with Gasteiger partial charge in [0.25, 0.3) is 0 Å². The highest BCUT2D eigenvalue weighted by molar-refractivity contribution is 6.18. The minimum Gasteiger partial charge on any atom is -0.356 e. The van der Waals surface area contributed by atoms with Gasteiger partial charge in [-0.2, -0.15) is 0 Å². The van der Waals surface area contributed by atoms with Crippen molar-refractivity contribution in [2.24, 2.45) is 11.8 Å². The monoisotopic (exact) mass is 279 g/mol. The van der Waals surface area contributed by atoms with E-state index in [1.165, 1.54) is 24.8 Å². The molecule has 1 amide bonds. The maximum Gasteiger partial charge on any atom is 0.220 e. The molecule has 104 valence electrons. The summed E-state index contributed by atoms with van der Waals surface area (Å²) in [6, 6.07) is 10.1. The standard InChI is InChI=1S/C16H22ClNO/c17-11-14-7-4-8-15(14)12-18-16(19)10-9-13-5-2-1-3-6-13/h1-3,5-6,14-15H,4,7-12H2,(H,18,19). The van der Waals surface area contributed by atoms with Gasteiger partial charge in [-0.1, -0.05) is 36.8 Å². The van der Waals surface area contributed by atoms with Crippen molar-refractivity contribution in [2.75, 3.05) is 12.4 Å². The zero-order chi connectivity index (χ0) is 13.5. The van der Waals surface area contributed by atoms with Crippen molar-refractivity contribution in [1.29, 1.82) is 0 Å². The van der Waals surface area contributed by atoms with Gasteiger partial charge in [0.05, 0.1) is 0 Å². The van der Waals surface area contributed by atoms with Gasteiger partial charge in [-0.15, -0.1) is 11.6 Å². The molecule has 1 aliphatic rings. The van der Waals surface area contributed by atoms with Gasteiger partial charge in [-0.25, -0.2) is 0 Å². The molecule has 1 aromatic rings. The minimum atomic E-state index is 0.157. The SMILES string of the molecule is O=C(CCc1ccccc1)NCC1CCCC1CCl. The Kier molecular flexibility index (Phi) is 5.71. The van der Waals surface area contributed by atoms with E-state index >= 15 is 0 Å². The third-order valence-corrected chi connectivity index (χ3v) is 4.46. The fraction of sp³-hybridized carbons (Fsp3) is 0.562. The fourth-order valence-corrected chi connectivity index (χ4v) is 3.23. The van der Waals surface area contributed by atoms with E-state index in [0.29, 0.717) is 18.3 Å². The van der Waals surface area contributed by atoms with E-state index in [0.717, 1.165) is 18.8 Å². The third-order valence-electron chi connectivity index (χ3n) is 4.06. The molecule has 0 aliphatic heterocycles. The molecule has 1 saturated carbocycles. The van der Waals surface area contributed by atoms with Crippen LogP contribution in [0.4, 0.5) is 0 Å². The van der Waals surface area contributed by atoms with Crippen molar-refractivity contribution in [1.82, 2.24) is 5.32 Å². The molecule has 1 N–H and O–H groups in total. The Morgan fingerprint density at radius 3 is 2.68 bits per heavy atom. The number of halogens is 1. The van der Waals surface area contributed by atoms with Crippen LogP contribution in [0, 0.1) is 11.8 Å². The molecule has 1 aromatic carbocycles. The molecule has 1 aliphatic carbocycles. The van der Waals surface area contributed by atoms with Crippen LogP contribution in [0.25, 0.3) is 0 Å². The molecular formula is C16H22ClNO. The normalized spacial score (nSPS) is 22.4.